The fraction of sp³-hybridized carbons (Fsp3) is 0.560. The number of nitrogens with one attached hydrogen (secondary N) is 2. The predicted octanol–water partition coefficient (Wildman–Crippen LogP) is 4.55. The fourth-order valence-electron chi connectivity index (χ4n) is 6.37. The molecule has 4 aliphatic carbocycles. The molecule has 0 aliphatic heterocycles. The Hall–Kier alpha value is -2.27. The van der Waals surface area contributed by atoms with Gasteiger partial charge >= 0.3 is 6.03 Å². The zero-order valence-electron chi connectivity index (χ0n) is 17.4. The van der Waals surface area contributed by atoms with Gasteiger partial charge in [-0.1, -0.05) is 6.07 Å². The van der Waals surface area contributed by atoms with Gasteiger partial charge in [0.15, 0.2) is 0 Å². The van der Waals surface area contributed by atoms with E-state index in [0.29, 0.717) is 24.8 Å². The third kappa shape index (κ3) is 2.97. The van der Waals surface area contributed by atoms with E-state index in [1.54, 1.807) is 0 Å². The van der Waals surface area contributed by atoms with Crippen molar-refractivity contribution < 1.29 is 14.3 Å². The molecule has 3 atom stereocenters. The van der Waals surface area contributed by atoms with E-state index in [0.717, 1.165) is 67.7 Å². The van der Waals surface area contributed by atoms with E-state index in [-0.39, 0.29) is 12.1 Å². The molecule has 1 heterocycles. The molecular weight excluding hydrogens is 376 g/mol. The lowest BCUT2D eigenvalue weighted by Crippen LogP contribution is -2.31. The number of furan rings is 1. The Morgan fingerprint density at radius 1 is 1.07 bits per heavy atom. The SMILES string of the molecule is O=C(NCCc1cc2c(o1)C1CCC(C1)C2O)Nc1c2c(cc3c1CCC3)CCC2. The van der Waals surface area contributed by atoms with Crippen molar-refractivity contribution in [2.24, 2.45) is 5.92 Å². The molecule has 1 saturated carbocycles. The fourth-order valence-corrected chi connectivity index (χ4v) is 6.37. The van der Waals surface area contributed by atoms with Crippen LogP contribution in [0.3, 0.4) is 0 Å². The number of anilines is 1. The van der Waals surface area contributed by atoms with Crippen molar-refractivity contribution in [3.8, 4) is 0 Å². The quantitative estimate of drug-likeness (QED) is 0.697. The molecule has 158 valence electrons. The van der Waals surface area contributed by atoms with Crippen LogP contribution in [0.4, 0.5) is 10.5 Å². The number of amides is 2. The van der Waals surface area contributed by atoms with Crippen LogP contribution in [-0.2, 0) is 32.1 Å². The molecule has 30 heavy (non-hydrogen) atoms. The Bertz CT molecular complexity index is 963. The molecule has 3 unspecified atom stereocenters. The average molecular weight is 407 g/mol. The van der Waals surface area contributed by atoms with Crippen LogP contribution in [0.2, 0.25) is 0 Å². The summed E-state index contributed by atoms with van der Waals surface area (Å²) in [5.74, 6) is 2.73. The van der Waals surface area contributed by atoms with Crippen molar-refractivity contribution in [3.63, 3.8) is 0 Å². The zero-order valence-corrected chi connectivity index (χ0v) is 17.4. The minimum Gasteiger partial charge on any atom is -0.465 e. The summed E-state index contributed by atoms with van der Waals surface area (Å²) in [6.45, 7) is 0.527. The van der Waals surface area contributed by atoms with E-state index < -0.39 is 0 Å². The summed E-state index contributed by atoms with van der Waals surface area (Å²) >= 11 is 0. The maximum atomic E-state index is 12.7. The van der Waals surface area contributed by atoms with Crippen LogP contribution in [-0.4, -0.2) is 17.7 Å². The first-order chi connectivity index (χ1) is 14.7. The molecule has 5 heteroatoms. The van der Waals surface area contributed by atoms with Crippen molar-refractivity contribution in [2.45, 2.75) is 76.2 Å². The molecule has 0 radical (unpaired) electrons. The first kappa shape index (κ1) is 18.5. The standard InChI is InChI=1S/C25H30N2O3/c28-23-16-7-8-17(12-16)24-21(23)13-18(30-24)9-10-26-25(29)27-22-19-5-1-3-14(19)11-15-4-2-6-20(15)22/h11,13,16-17,23,28H,1-10,12H2,(H2,26,27,29). The average Bonchev–Trinajstić information content (AvgIpc) is 3.51. The Labute approximate surface area is 177 Å². The smallest absolute Gasteiger partial charge is 0.319 e. The van der Waals surface area contributed by atoms with Gasteiger partial charge in [-0.3, -0.25) is 0 Å². The highest BCUT2D eigenvalue weighted by atomic mass is 16.3. The molecule has 0 saturated heterocycles. The van der Waals surface area contributed by atoms with Crippen LogP contribution in [0.1, 0.15) is 83.5 Å². The van der Waals surface area contributed by atoms with Gasteiger partial charge in [-0.25, -0.2) is 4.79 Å². The molecule has 0 spiro atoms. The Balaban J connectivity index is 1.11. The molecule has 2 bridgehead atoms. The summed E-state index contributed by atoms with van der Waals surface area (Å²) in [6, 6.07) is 4.27. The lowest BCUT2D eigenvalue weighted by Gasteiger charge is -2.23. The van der Waals surface area contributed by atoms with Gasteiger partial charge in [0.1, 0.15) is 11.5 Å². The number of hydrogen-bond donors (Lipinski definition) is 3. The third-order valence-corrected chi connectivity index (χ3v) is 7.82. The highest BCUT2D eigenvalue weighted by molar-refractivity contribution is 5.92. The number of aryl methyl sites for hydroxylation is 2. The van der Waals surface area contributed by atoms with Gasteiger partial charge in [0.2, 0.25) is 0 Å². The van der Waals surface area contributed by atoms with E-state index in [2.05, 4.69) is 16.7 Å². The van der Waals surface area contributed by atoms with Gasteiger partial charge < -0.3 is 20.2 Å². The minimum atomic E-state index is -0.380. The highest BCUT2D eigenvalue weighted by Crippen LogP contribution is 2.52. The van der Waals surface area contributed by atoms with Crippen molar-refractivity contribution in [1.29, 1.82) is 0 Å². The van der Waals surface area contributed by atoms with Crippen LogP contribution in [0.5, 0.6) is 0 Å². The van der Waals surface area contributed by atoms with Gasteiger partial charge in [0.25, 0.3) is 0 Å². The summed E-state index contributed by atoms with van der Waals surface area (Å²) in [5, 5.41) is 16.8. The number of hydrogen-bond acceptors (Lipinski definition) is 3. The number of aliphatic hydroxyl groups excluding tert-OH is 1. The molecule has 1 aromatic carbocycles. The number of urea groups is 1. The van der Waals surface area contributed by atoms with Crippen molar-refractivity contribution in [2.75, 3.05) is 11.9 Å². The number of fused-ring (bicyclic) bond motifs is 6. The largest absolute Gasteiger partial charge is 0.465 e. The lowest BCUT2D eigenvalue weighted by atomic mass is 9.86. The Morgan fingerprint density at radius 2 is 1.83 bits per heavy atom. The minimum absolute atomic E-state index is 0.125. The van der Waals surface area contributed by atoms with E-state index in [1.807, 2.05) is 6.07 Å². The van der Waals surface area contributed by atoms with Crippen molar-refractivity contribution >= 4 is 11.7 Å². The van der Waals surface area contributed by atoms with Crippen LogP contribution in [0, 0.1) is 5.92 Å². The molecule has 4 aliphatic rings. The van der Waals surface area contributed by atoms with E-state index in [9.17, 15) is 9.90 Å². The van der Waals surface area contributed by atoms with Gasteiger partial charge in [-0.15, -0.1) is 0 Å². The van der Waals surface area contributed by atoms with Crippen LogP contribution >= 0.6 is 0 Å². The Morgan fingerprint density at radius 3 is 2.60 bits per heavy atom. The first-order valence-corrected chi connectivity index (χ1v) is 11.7. The summed E-state index contributed by atoms with van der Waals surface area (Å²) in [4.78, 5) is 12.7. The molecule has 2 aromatic rings. The number of benzene rings is 1. The lowest BCUT2D eigenvalue weighted by molar-refractivity contribution is 0.101. The molecular formula is C25H30N2O3. The van der Waals surface area contributed by atoms with Gasteiger partial charge in [0, 0.05) is 30.1 Å². The third-order valence-electron chi connectivity index (χ3n) is 7.82. The summed E-state index contributed by atoms with van der Waals surface area (Å²) in [5.41, 5.74) is 7.65. The van der Waals surface area contributed by atoms with Crippen LogP contribution in [0.25, 0.3) is 0 Å². The molecule has 3 N–H and O–H groups in total. The van der Waals surface area contributed by atoms with Gasteiger partial charge in [0.05, 0.1) is 6.10 Å². The summed E-state index contributed by atoms with van der Waals surface area (Å²) < 4.78 is 6.10. The molecule has 6 rings (SSSR count). The number of aliphatic hydroxyl groups is 1. The number of carbonyl (C=O) groups is 1. The molecule has 2 amide bonds. The van der Waals surface area contributed by atoms with Crippen molar-refractivity contribution in [1.82, 2.24) is 5.32 Å². The highest BCUT2D eigenvalue weighted by Gasteiger charge is 2.41. The monoisotopic (exact) mass is 406 g/mol. The normalized spacial score (nSPS) is 25.7. The molecule has 1 fully saturated rings. The molecule has 1 aromatic heterocycles. The maximum Gasteiger partial charge on any atom is 0.319 e. The Kier molecular flexibility index (Phi) is 4.41. The van der Waals surface area contributed by atoms with Gasteiger partial charge in [-0.2, -0.15) is 0 Å². The van der Waals surface area contributed by atoms with E-state index in [4.69, 9.17) is 4.42 Å². The predicted molar refractivity (Wildman–Crippen MR) is 115 cm³/mol. The first-order valence-electron chi connectivity index (χ1n) is 11.7. The van der Waals surface area contributed by atoms with Gasteiger partial charge in [-0.05, 0) is 92.0 Å². The second kappa shape index (κ2) is 7.16. The molecule has 5 nitrogen and oxygen atoms in total. The van der Waals surface area contributed by atoms with E-state index in [1.165, 1.54) is 35.1 Å². The summed E-state index contributed by atoms with van der Waals surface area (Å²) in [7, 11) is 0. The van der Waals surface area contributed by atoms with Crippen molar-refractivity contribution in [3.05, 3.63) is 51.5 Å². The second-order valence-electron chi connectivity index (χ2n) is 9.61. The number of carbonyl (C=O) groups excluding carboxylic acids is 1. The second-order valence-corrected chi connectivity index (χ2v) is 9.61. The topological polar surface area (TPSA) is 74.5 Å². The maximum absolute atomic E-state index is 12.7. The number of rotatable bonds is 4. The van der Waals surface area contributed by atoms with E-state index >= 15 is 0 Å². The zero-order chi connectivity index (χ0) is 20.2. The van der Waals surface area contributed by atoms with Crippen LogP contribution < -0.4 is 10.6 Å². The summed E-state index contributed by atoms with van der Waals surface area (Å²) in [6.07, 6.45) is 10.3. The van der Waals surface area contributed by atoms with Crippen LogP contribution in [0.15, 0.2) is 16.5 Å².